The largest absolute Gasteiger partial charge is 0.469 e. The molecule has 1 heterocycles. The first-order valence-corrected chi connectivity index (χ1v) is 9.85. The first-order chi connectivity index (χ1) is 11.7. The summed E-state index contributed by atoms with van der Waals surface area (Å²) in [4.78, 5) is 16.0. The number of aliphatic hydroxyl groups excluding tert-OH is 1. The van der Waals surface area contributed by atoms with Crippen molar-refractivity contribution in [2.45, 2.75) is 70.8 Å². The molecule has 0 bridgehead atoms. The smallest absolute Gasteiger partial charge is 0.305 e. The van der Waals surface area contributed by atoms with Crippen LogP contribution in [0.2, 0.25) is 0 Å². The molecule has 0 aromatic heterocycles. The van der Waals surface area contributed by atoms with Gasteiger partial charge in [0.25, 0.3) is 0 Å². The van der Waals surface area contributed by atoms with E-state index in [-0.39, 0.29) is 12.1 Å². The molecule has 0 radical (unpaired) electrons. The number of rotatable bonds is 13. The number of carbonyl (C=O) groups is 1. The van der Waals surface area contributed by atoms with Crippen LogP contribution in [-0.2, 0) is 9.53 Å². The van der Waals surface area contributed by atoms with Crippen LogP contribution in [0.15, 0.2) is 0 Å². The van der Waals surface area contributed by atoms with Crippen LogP contribution in [0, 0.1) is 0 Å². The van der Waals surface area contributed by atoms with E-state index in [1.165, 1.54) is 32.8 Å². The molecule has 0 aromatic carbocycles. The number of carbonyl (C=O) groups excluding carboxylic acids is 1. The third-order valence-electron chi connectivity index (χ3n) is 4.91. The van der Waals surface area contributed by atoms with Gasteiger partial charge in [0.05, 0.1) is 13.2 Å². The number of methoxy groups -OCH3 is 1. The lowest BCUT2D eigenvalue weighted by atomic mass is 10.1. The predicted octanol–water partition coefficient (Wildman–Crippen LogP) is 2.67. The highest BCUT2D eigenvalue weighted by molar-refractivity contribution is 5.68. The zero-order valence-electron chi connectivity index (χ0n) is 15.8. The molecule has 0 aromatic rings. The summed E-state index contributed by atoms with van der Waals surface area (Å²) in [5.41, 5.74) is 0. The van der Waals surface area contributed by atoms with Crippen molar-refractivity contribution in [2.75, 3.05) is 46.4 Å². The lowest BCUT2D eigenvalue weighted by Gasteiger charge is -2.35. The van der Waals surface area contributed by atoms with Crippen LogP contribution in [0.5, 0.6) is 0 Å². The summed E-state index contributed by atoms with van der Waals surface area (Å²) in [5, 5.41) is 10.1. The van der Waals surface area contributed by atoms with Crippen molar-refractivity contribution < 1.29 is 14.6 Å². The molecule has 0 aliphatic carbocycles. The van der Waals surface area contributed by atoms with E-state index in [0.717, 1.165) is 65.0 Å². The van der Waals surface area contributed by atoms with Crippen molar-refractivity contribution in [2.24, 2.45) is 0 Å². The third kappa shape index (κ3) is 10.3. The molecule has 5 nitrogen and oxygen atoms in total. The van der Waals surface area contributed by atoms with Crippen LogP contribution in [0.3, 0.4) is 0 Å². The number of aliphatic hydroxyl groups is 1. The molecule has 24 heavy (non-hydrogen) atoms. The number of hydrogen-bond acceptors (Lipinski definition) is 5. The van der Waals surface area contributed by atoms with Crippen LogP contribution in [-0.4, -0.2) is 73.4 Å². The Morgan fingerprint density at radius 1 is 1.00 bits per heavy atom. The summed E-state index contributed by atoms with van der Waals surface area (Å²) in [6.45, 7) is 8.58. The molecule has 1 fully saturated rings. The van der Waals surface area contributed by atoms with Gasteiger partial charge >= 0.3 is 5.97 Å². The number of hydrogen-bond donors (Lipinski definition) is 1. The molecule has 142 valence electrons. The third-order valence-corrected chi connectivity index (χ3v) is 4.91. The fraction of sp³-hybridized carbons (Fsp3) is 0.947. The van der Waals surface area contributed by atoms with Gasteiger partial charge in [-0.3, -0.25) is 9.69 Å². The van der Waals surface area contributed by atoms with E-state index in [0.29, 0.717) is 6.42 Å². The molecular formula is C19H38N2O3. The minimum absolute atomic E-state index is 0.0944. The Morgan fingerprint density at radius 3 is 2.33 bits per heavy atom. The average molecular weight is 343 g/mol. The maximum absolute atomic E-state index is 11.0. The quantitative estimate of drug-likeness (QED) is 0.412. The minimum atomic E-state index is -0.155. The fourth-order valence-electron chi connectivity index (χ4n) is 3.28. The topological polar surface area (TPSA) is 53.0 Å². The van der Waals surface area contributed by atoms with Crippen molar-refractivity contribution >= 4 is 5.97 Å². The van der Waals surface area contributed by atoms with Crippen LogP contribution in [0.4, 0.5) is 0 Å². The van der Waals surface area contributed by atoms with Gasteiger partial charge < -0.3 is 14.7 Å². The molecule has 5 heteroatoms. The number of nitrogens with zero attached hydrogens (tertiary/aromatic N) is 2. The van der Waals surface area contributed by atoms with Crippen LogP contribution in [0.25, 0.3) is 0 Å². The Morgan fingerprint density at radius 2 is 1.67 bits per heavy atom. The zero-order valence-corrected chi connectivity index (χ0v) is 15.8. The lowest BCUT2D eigenvalue weighted by Crippen LogP contribution is -2.48. The van der Waals surface area contributed by atoms with Crippen LogP contribution < -0.4 is 0 Å². The van der Waals surface area contributed by atoms with Gasteiger partial charge in [0.15, 0.2) is 0 Å². The van der Waals surface area contributed by atoms with Gasteiger partial charge in [0.2, 0.25) is 0 Å². The van der Waals surface area contributed by atoms with E-state index < -0.39 is 0 Å². The second-order valence-corrected chi connectivity index (χ2v) is 7.03. The molecule has 1 N–H and O–H groups in total. The van der Waals surface area contributed by atoms with E-state index in [4.69, 9.17) is 0 Å². The summed E-state index contributed by atoms with van der Waals surface area (Å²) >= 11 is 0. The maximum atomic E-state index is 11.0. The molecule has 1 saturated heterocycles. The molecule has 1 unspecified atom stereocenters. The van der Waals surface area contributed by atoms with E-state index in [2.05, 4.69) is 21.5 Å². The number of piperazine rings is 1. The maximum Gasteiger partial charge on any atom is 0.305 e. The van der Waals surface area contributed by atoms with Crippen molar-refractivity contribution in [3.8, 4) is 0 Å². The standard InChI is InChI=1S/C19H38N2O3/c1-3-4-7-10-18(22)17-21-15-13-20(14-16-21)12-9-6-5-8-11-19(23)24-2/h18,22H,3-17H2,1-2H3. The highest BCUT2D eigenvalue weighted by Crippen LogP contribution is 2.10. The normalized spacial score (nSPS) is 17.8. The van der Waals surface area contributed by atoms with Gasteiger partial charge in [-0.2, -0.15) is 0 Å². The van der Waals surface area contributed by atoms with Crippen LogP contribution >= 0.6 is 0 Å². The molecule has 0 spiro atoms. The summed E-state index contributed by atoms with van der Waals surface area (Å²) in [7, 11) is 1.45. The Hall–Kier alpha value is -0.650. The van der Waals surface area contributed by atoms with Crippen molar-refractivity contribution in [1.29, 1.82) is 0 Å². The van der Waals surface area contributed by atoms with E-state index in [1.807, 2.05) is 0 Å². The summed E-state index contributed by atoms with van der Waals surface area (Å²) in [5.74, 6) is -0.0944. The van der Waals surface area contributed by atoms with E-state index >= 15 is 0 Å². The van der Waals surface area contributed by atoms with Gasteiger partial charge in [-0.15, -0.1) is 0 Å². The fourth-order valence-corrected chi connectivity index (χ4v) is 3.28. The molecule has 1 aliphatic heterocycles. The van der Waals surface area contributed by atoms with Crippen molar-refractivity contribution in [3.05, 3.63) is 0 Å². The second kappa shape index (κ2) is 13.6. The predicted molar refractivity (Wildman–Crippen MR) is 98.1 cm³/mol. The lowest BCUT2D eigenvalue weighted by molar-refractivity contribution is -0.140. The number of ether oxygens (including phenoxy) is 1. The summed E-state index contributed by atoms with van der Waals surface area (Å²) < 4.78 is 4.65. The van der Waals surface area contributed by atoms with Gasteiger partial charge in [0, 0.05) is 39.1 Å². The van der Waals surface area contributed by atoms with Gasteiger partial charge in [-0.05, 0) is 25.8 Å². The van der Waals surface area contributed by atoms with Gasteiger partial charge in [-0.25, -0.2) is 0 Å². The Balaban J connectivity index is 1.98. The van der Waals surface area contributed by atoms with Crippen molar-refractivity contribution in [1.82, 2.24) is 9.80 Å². The Kier molecular flexibility index (Phi) is 12.1. The minimum Gasteiger partial charge on any atom is -0.469 e. The van der Waals surface area contributed by atoms with E-state index in [9.17, 15) is 9.90 Å². The van der Waals surface area contributed by atoms with E-state index in [1.54, 1.807) is 0 Å². The first kappa shape index (κ1) is 21.4. The Labute approximate surface area is 148 Å². The number of esters is 1. The van der Waals surface area contributed by atoms with Gasteiger partial charge in [0.1, 0.15) is 0 Å². The average Bonchev–Trinajstić information content (AvgIpc) is 2.59. The highest BCUT2D eigenvalue weighted by Gasteiger charge is 2.18. The van der Waals surface area contributed by atoms with Crippen LogP contribution in [0.1, 0.15) is 64.7 Å². The molecular weight excluding hydrogens is 304 g/mol. The molecule has 0 amide bonds. The van der Waals surface area contributed by atoms with Crippen molar-refractivity contribution in [3.63, 3.8) is 0 Å². The number of unbranched alkanes of at least 4 members (excludes halogenated alkanes) is 5. The highest BCUT2D eigenvalue weighted by atomic mass is 16.5. The SMILES string of the molecule is CCCCCC(O)CN1CCN(CCCCCCC(=O)OC)CC1. The second-order valence-electron chi connectivity index (χ2n) is 7.03. The summed E-state index contributed by atoms with van der Waals surface area (Å²) in [6, 6.07) is 0. The van der Waals surface area contributed by atoms with Gasteiger partial charge in [-0.1, -0.05) is 39.0 Å². The zero-order chi connectivity index (χ0) is 17.6. The molecule has 1 aliphatic rings. The monoisotopic (exact) mass is 342 g/mol. The number of β-amino-alcohol motifs (C(OH)–C–C–N with tert-alkyl or cyclic N) is 1. The first-order valence-electron chi connectivity index (χ1n) is 9.85. The summed E-state index contributed by atoms with van der Waals surface area (Å²) in [6.07, 6.45) is 9.38. The molecule has 0 saturated carbocycles. The molecule has 1 rings (SSSR count). The Bertz CT molecular complexity index is 318. The molecule has 1 atom stereocenters.